The highest BCUT2D eigenvalue weighted by Crippen LogP contribution is 2.22. The lowest BCUT2D eigenvalue weighted by atomic mass is 10.2. The molecule has 1 saturated heterocycles. The smallest absolute Gasteiger partial charge is 0.422 e. The summed E-state index contributed by atoms with van der Waals surface area (Å²) in [6.07, 6.45) is -2.44. The summed E-state index contributed by atoms with van der Waals surface area (Å²) in [6.45, 7) is 4.23. The SMILES string of the molecule is CCNC(=NCc1ccccc1OCC(F)(F)F)NCCCOC1CCOC1.I. The van der Waals surface area contributed by atoms with Crippen LogP contribution in [0.15, 0.2) is 29.3 Å². The molecule has 2 rings (SSSR count). The van der Waals surface area contributed by atoms with Crippen LogP contribution in [-0.4, -0.2) is 57.8 Å². The van der Waals surface area contributed by atoms with E-state index in [0.29, 0.717) is 37.8 Å². The van der Waals surface area contributed by atoms with Gasteiger partial charge in [-0.2, -0.15) is 13.2 Å². The maximum Gasteiger partial charge on any atom is 0.422 e. The molecule has 0 saturated carbocycles. The van der Waals surface area contributed by atoms with Gasteiger partial charge in [-0.15, -0.1) is 24.0 Å². The summed E-state index contributed by atoms with van der Waals surface area (Å²) in [7, 11) is 0. The third-order valence-corrected chi connectivity index (χ3v) is 3.97. The van der Waals surface area contributed by atoms with Crippen molar-refractivity contribution in [2.75, 3.05) is 39.5 Å². The van der Waals surface area contributed by atoms with Gasteiger partial charge >= 0.3 is 6.18 Å². The number of nitrogens with zero attached hydrogens (tertiary/aromatic N) is 1. The quantitative estimate of drug-likeness (QED) is 0.210. The summed E-state index contributed by atoms with van der Waals surface area (Å²) in [6, 6.07) is 6.60. The molecule has 0 bridgehead atoms. The molecule has 166 valence electrons. The number of guanidine groups is 1. The van der Waals surface area contributed by atoms with Gasteiger partial charge in [-0.05, 0) is 25.8 Å². The summed E-state index contributed by atoms with van der Waals surface area (Å²) in [4.78, 5) is 4.44. The highest BCUT2D eigenvalue weighted by atomic mass is 127. The minimum Gasteiger partial charge on any atom is -0.484 e. The van der Waals surface area contributed by atoms with Crippen LogP contribution in [0.25, 0.3) is 0 Å². The fourth-order valence-corrected chi connectivity index (χ4v) is 2.61. The van der Waals surface area contributed by atoms with Gasteiger partial charge in [-0.25, -0.2) is 4.99 Å². The second kappa shape index (κ2) is 13.9. The van der Waals surface area contributed by atoms with Gasteiger partial charge in [0.05, 0.1) is 19.3 Å². The number of ether oxygens (including phenoxy) is 3. The molecule has 1 atom stereocenters. The van der Waals surface area contributed by atoms with Crippen LogP contribution < -0.4 is 15.4 Å². The van der Waals surface area contributed by atoms with Crippen molar-refractivity contribution in [1.82, 2.24) is 10.6 Å². The van der Waals surface area contributed by atoms with E-state index in [9.17, 15) is 13.2 Å². The van der Waals surface area contributed by atoms with Crippen LogP contribution >= 0.6 is 24.0 Å². The number of hydrogen-bond acceptors (Lipinski definition) is 4. The van der Waals surface area contributed by atoms with Gasteiger partial charge in [-0.1, -0.05) is 18.2 Å². The Balaban J connectivity index is 0.00000420. The molecule has 1 aliphatic rings. The van der Waals surface area contributed by atoms with Crippen molar-refractivity contribution in [2.45, 2.75) is 38.6 Å². The third kappa shape index (κ3) is 10.9. The molecule has 1 heterocycles. The topological polar surface area (TPSA) is 64.1 Å². The standard InChI is InChI=1S/C19H28F3N3O3.HI/c1-2-23-18(24-9-5-10-27-16-8-11-26-13-16)25-12-15-6-3-4-7-17(15)28-14-19(20,21)22;/h3-4,6-7,16H,2,5,8-14H2,1H3,(H2,23,24,25);1H. The molecule has 1 aromatic rings. The Labute approximate surface area is 186 Å². The summed E-state index contributed by atoms with van der Waals surface area (Å²) in [5.41, 5.74) is 0.591. The Bertz CT molecular complexity index is 612. The van der Waals surface area contributed by atoms with E-state index >= 15 is 0 Å². The molecule has 1 unspecified atom stereocenters. The Kier molecular flexibility index (Phi) is 12.3. The number of nitrogens with one attached hydrogen (secondary N) is 2. The van der Waals surface area contributed by atoms with E-state index in [0.717, 1.165) is 19.4 Å². The van der Waals surface area contributed by atoms with Crippen LogP contribution in [-0.2, 0) is 16.0 Å². The Hall–Kier alpha value is -1.27. The average molecular weight is 531 g/mol. The minimum atomic E-state index is -4.38. The van der Waals surface area contributed by atoms with Gasteiger partial charge in [0.2, 0.25) is 0 Å². The molecule has 0 spiro atoms. The first-order valence-electron chi connectivity index (χ1n) is 9.47. The van der Waals surface area contributed by atoms with E-state index in [2.05, 4.69) is 15.6 Å². The van der Waals surface area contributed by atoms with Crippen molar-refractivity contribution < 1.29 is 27.4 Å². The van der Waals surface area contributed by atoms with E-state index in [-0.39, 0.29) is 42.4 Å². The Morgan fingerprint density at radius 3 is 2.76 bits per heavy atom. The summed E-state index contributed by atoms with van der Waals surface area (Å²) in [5, 5.41) is 6.32. The van der Waals surface area contributed by atoms with Crippen LogP contribution in [0.1, 0.15) is 25.3 Å². The lowest BCUT2D eigenvalue weighted by Crippen LogP contribution is -2.38. The van der Waals surface area contributed by atoms with Crippen LogP contribution in [0.2, 0.25) is 0 Å². The maximum absolute atomic E-state index is 12.4. The predicted octanol–water partition coefficient (Wildman–Crippen LogP) is 3.50. The van der Waals surface area contributed by atoms with Crippen LogP contribution in [0.3, 0.4) is 0 Å². The van der Waals surface area contributed by atoms with Gasteiger partial charge in [0, 0.05) is 31.9 Å². The number of rotatable bonds is 10. The molecular formula is C19H29F3IN3O3. The second-order valence-electron chi connectivity index (χ2n) is 6.34. The number of aliphatic imine (C=N–C) groups is 1. The molecule has 1 fully saturated rings. The zero-order valence-corrected chi connectivity index (χ0v) is 18.8. The summed E-state index contributed by atoms with van der Waals surface area (Å²) >= 11 is 0. The van der Waals surface area contributed by atoms with Crippen LogP contribution in [0, 0.1) is 0 Å². The molecule has 10 heteroatoms. The Morgan fingerprint density at radius 1 is 1.28 bits per heavy atom. The first-order chi connectivity index (χ1) is 13.5. The fraction of sp³-hybridized carbons (Fsp3) is 0.632. The first-order valence-corrected chi connectivity index (χ1v) is 9.47. The van der Waals surface area contributed by atoms with Crippen molar-refractivity contribution in [2.24, 2.45) is 4.99 Å². The van der Waals surface area contributed by atoms with Crippen molar-refractivity contribution in [1.29, 1.82) is 0 Å². The molecule has 6 nitrogen and oxygen atoms in total. The van der Waals surface area contributed by atoms with Gasteiger partial charge in [-0.3, -0.25) is 0 Å². The second-order valence-corrected chi connectivity index (χ2v) is 6.34. The van der Waals surface area contributed by atoms with Crippen LogP contribution in [0.4, 0.5) is 13.2 Å². The van der Waals surface area contributed by atoms with E-state index in [4.69, 9.17) is 14.2 Å². The zero-order chi connectivity index (χ0) is 20.2. The molecule has 1 aliphatic heterocycles. The van der Waals surface area contributed by atoms with Crippen molar-refractivity contribution >= 4 is 29.9 Å². The molecule has 29 heavy (non-hydrogen) atoms. The first kappa shape index (κ1) is 25.8. The summed E-state index contributed by atoms with van der Waals surface area (Å²) in [5.74, 6) is 0.781. The van der Waals surface area contributed by atoms with Crippen molar-refractivity contribution in [3.05, 3.63) is 29.8 Å². The zero-order valence-electron chi connectivity index (χ0n) is 16.5. The molecule has 0 amide bonds. The molecule has 1 aromatic carbocycles. The van der Waals surface area contributed by atoms with E-state index in [1.165, 1.54) is 6.07 Å². The van der Waals surface area contributed by atoms with Gasteiger partial charge in [0.15, 0.2) is 12.6 Å². The highest BCUT2D eigenvalue weighted by Gasteiger charge is 2.28. The number of alkyl halides is 3. The molecule has 0 aromatic heterocycles. The van der Waals surface area contributed by atoms with E-state index < -0.39 is 12.8 Å². The largest absolute Gasteiger partial charge is 0.484 e. The Morgan fingerprint density at radius 2 is 2.07 bits per heavy atom. The molecular weight excluding hydrogens is 502 g/mol. The molecule has 2 N–H and O–H groups in total. The van der Waals surface area contributed by atoms with E-state index in [1.807, 2.05) is 6.92 Å². The van der Waals surface area contributed by atoms with Crippen molar-refractivity contribution in [3.63, 3.8) is 0 Å². The highest BCUT2D eigenvalue weighted by molar-refractivity contribution is 14.0. The fourth-order valence-electron chi connectivity index (χ4n) is 2.61. The monoisotopic (exact) mass is 531 g/mol. The number of hydrogen-bond donors (Lipinski definition) is 2. The third-order valence-electron chi connectivity index (χ3n) is 3.97. The number of para-hydroxylation sites is 1. The minimum absolute atomic E-state index is 0. The summed E-state index contributed by atoms with van der Waals surface area (Å²) < 4.78 is 53.1. The average Bonchev–Trinajstić information content (AvgIpc) is 3.17. The lowest BCUT2D eigenvalue weighted by molar-refractivity contribution is -0.153. The molecule has 0 radical (unpaired) electrons. The molecule has 0 aliphatic carbocycles. The normalized spacial score (nSPS) is 17.0. The van der Waals surface area contributed by atoms with Gasteiger partial charge in [0.1, 0.15) is 5.75 Å². The van der Waals surface area contributed by atoms with E-state index in [1.54, 1.807) is 18.2 Å². The number of halogens is 4. The van der Waals surface area contributed by atoms with Gasteiger partial charge in [0.25, 0.3) is 0 Å². The lowest BCUT2D eigenvalue weighted by Gasteiger charge is -2.14. The van der Waals surface area contributed by atoms with Gasteiger partial charge < -0.3 is 24.8 Å². The van der Waals surface area contributed by atoms with Crippen molar-refractivity contribution in [3.8, 4) is 5.75 Å². The van der Waals surface area contributed by atoms with Crippen LogP contribution in [0.5, 0.6) is 5.75 Å². The number of benzene rings is 1. The predicted molar refractivity (Wildman–Crippen MR) is 116 cm³/mol. The maximum atomic E-state index is 12.4.